The highest BCUT2D eigenvalue weighted by Gasteiger charge is 2.22. The molecular formula is C14H28N2O. The van der Waals surface area contributed by atoms with E-state index in [-0.39, 0.29) is 0 Å². The molecule has 17 heavy (non-hydrogen) atoms. The number of nitrogens with one attached hydrogen (secondary N) is 1. The van der Waals surface area contributed by atoms with Gasteiger partial charge in [-0.15, -0.1) is 0 Å². The first-order valence-electron chi connectivity index (χ1n) is 7.32. The Morgan fingerprint density at radius 2 is 2.06 bits per heavy atom. The molecule has 1 aliphatic heterocycles. The van der Waals surface area contributed by atoms with Gasteiger partial charge >= 0.3 is 0 Å². The van der Waals surface area contributed by atoms with Gasteiger partial charge in [0.2, 0.25) is 0 Å². The van der Waals surface area contributed by atoms with Crippen LogP contribution in [0.25, 0.3) is 0 Å². The molecule has 100 valence electrons. The van der Waals surface area contributed by atoms with Crippen molar-refractivity contribution >= 4 is 0 Å². The van der Waals surface area contributed by atoms with E-state index in [9.17, 15) is 0 Å². The van der Waals surface area contributed by atoms with Gasteiger partial charge in [0.05, 0.1) is 13.2 Å². The standard InChI is InChI=1S/C14H28N2O/c1-12-5-3-4-6-14(12)15-7-8-16-9-10-17-11-13(16)2/h12-15H,3-11H2,1-2H3. The summed E-state index contributed by atoms with van der Waals surface area (Å²) in [7, 11) is 0. The van der Waals surface area contributed by atoms with Crippen molar-refractivity contribution in [3.8, 4) is 0 Å². The van der Waals surface area contributed by atoms with Crippen molar-refractivity contribution in [1.82, 2.24) is 10.2 Å². The molecule has 3 nitrogen and oxygen atoms in total. The quantitative estimate of drug-likeness (QED) is 0.812. The van der Waals surface area contributed by atoms with Crippen molar-refractivity contribution in [1.29, 1.82) is 0 Å². The van der Waals surface area contributed by atoms with Crippen LogP contribution in [0.15, 0.2) is 0 Å². The van der Waals surface area contributed by atoms with Gasteiger partial charge in [0, 0.05) is 31.7 Å². The van der Waals surface area contributed by atoms with Gasteiger partial charge in [0.1, 0.15) is 0 Å². The van der Waals surface area contributed by atoms with E-state index in [1.165, 1.54) is 32.2 Å². The summed E-state index contributed by atoms with van der Waals surface area (Å²) in [6, 6.07) is 1.36. The highest BCUT2D eigenvalue weighted by Crippen LogP contribution is 2.23. The van der Waals surface area contributed by atoms with Crippen molar-refractivity contribution < 1.29 is 4.74 Å². The predicted octanol–water partition coefficient (Wildman–Crippen LogP) is 1.88. The molecule has 0 spiro atoms. The second-order valence-corrected chi connectivity index (χ2v) is 5.78. The first kappa shape index (κ1) is 13.3. The lowest BCUT2D eigenvalue weighted by Crippen LogP contribution is -2.48. The van der Waals surface area contributed by atoms with Crippen LogP contribution in [0.2, 0.25) is 0 Å². The Bertz CT molecular complexity index is 200. The first-order chi connectivity index (χ1) is 8.27. The molecule has 2 fully saturated rings. The van der Waals surface area contributed by atoms with Crippen LogP contribution < -0.4 is 5.32 Å². The van der Waals surface area contributed by atoms with Gasteiger partial charge in [-0.05, 0) is 25.7 Å². The second kappa shape index (κ2) is 6.72. The minimum atomic E-state index is 0.592. The predicted molar refractivity (Wildman–Crippen MR) is 71.3 cm³/mol. The molecular weight excluding hydrogens is 212 g/mol. The fraction of sp³-hybridized carbons (Fsp3) is 1.00. The van der Waals surface area contributed by atoms with E-state index >= 15 is 0 Å². The average Bonchev–Trinajstić information content (AvgIpc) is 2.34. The van der Waals surface area contributed by atoms with Crippen LogP contribution in [-0.2, 0) is 4.74 Å². The molecule has 3 heteroatoms. The van der Waals surface area contributed by atoms with E-state index in [0.29, 0.717) is 6.04 Å². The fourth-order valence-corrected chi connectivity index (χ4v) is 3.11. The molecule has 1 aliphatic carbocycles. The Kier molecular flexibility index (Phi) is 5.26. The van der Waals surface area contributed by atoms with Crippen LogP contribution in [0.3, 0.4) is 0 Å². The lowest BCUT2D eigenvalue weighted by molar-refractivity contribution is -0.000161. The fourth-order valence-electron chi connectivity index (χ4n) is 3.11. The SMILES string of the molecule is CC1CCCCC1NCCN1CCOCC1C. The molecule has 1 saturated heterocycles. The number of rotatable bonds is 4. The van der Waals surface area contributed by atoms with Crippen molar-refractivity contribution in [2.75, 3.05) is 32.8 Å². The molecule has 2 rings (SSSR count). The highest BCUT2D eigenvalue weighted by atomic mass is 16.5. The zero-order valence-electron chi connectivity index (χ0n) is 11.5. The second-order valence-electron chi connectivity index (χ2n) is 5.78. The zero-order chi connectivity index (χ0) is 12.1. The van der Waals surface area contributed by atoms with E-state index in [2.05, 4.69) is 24.1 Å². The lowest BCUT2D eigenvalue weighted by atomic mass is 9.86. The van der Waals surface area contributed by atoms with E-state index in [0.717, 1.165) is 38.3 Å². The molecule has 3 atom stereocenters. The number of morpholine rings is 1. The smallest absolute Gasteiger partial charge is 0.0619 e. The molecule has 2 aliphatic rings. The molecule has 0 amide bonds. The summed E-state index contributed by atoms with van der Waals surface area (Å²) in [5.41, 5.74) is 0. The monoisotopic (exact) mass is 240 g/mol. The highest BCUT2D eigenvalue weighted by molar-refractivity contribution is 4.79. The zero-order valence-corrected chi connectivity index (χ0v) is 11.5. The van der Waals surface area contributed by atoms with Gasteiger partial charge in [-0.3, -0.25) is 4.90 Å². The van der Waals surface area contributed by atoms with E-state index in [1.807, 2.05) is 0 Å². The molecule has 0 radical (unpaired) electrons. The summed E-state index contributed by atoms with van der Waals surface area (Å²) < 4.78 is 5.46. The Balaban J connectivity index is 1.64. The summed E-state index contributed by atoms with van der Waals surface area (Å²) in [5, 5.41) is 3.76. The minimum Gasteiger partial charge on any atom is -0.379 e. The van der Waals surface area contributed by atoms with Crippen molar-refractivity contribution in [3.05, 3.63) is 0 Å². The molecule has 0 aromatic carbocycles. The van der Waals surface area contributed by atoms with Crippen molar-refractivity contribution in [2.24, 2.45) is 5.92 Å². The molecule has 1 saturated carbocycles. The average molecular weight is 240 g/mol. The lowest BCUT2D eigenvalue weighted by Gasteiger charge is -2.35. The van der Waals surface area contributed by atoms with Crippen LogP contribution in [0.4, 0.5) is 0 Å². The number of hydrogen-bond donors (Lipinski definition) is 1. The maximum Gasteiger partial charge on any atom is 0.0619 e. The van der Waals surface area contributed by atoms with Gasteiger partial charge in [0.25, 0.3) is 0 Å². The van der Waals surface area contributed by atoms with Crippen molar-refractivity contribution in [3.63, 3.8) is 0 Å². The van der Waals surface area contributed by atoms with Crippen molar-refractivity contribution in [2.45, 2.75) is 51.6 Å². The van der Waals surface area contributed by atoms with Gasteiger partial charge in [0.15, 0.2) is 0 Å². The summed E-state index contributed by atoms with van der Waals surface area (Å²) in [4.78, 5) is 2.55. The number of ether oxygens (including phenoxy) is 1. The van der Waals surface area contributed by atoms with Crippen LogP contribution in [0, 0.1) is 5.92 Å². The maximum atomic E-state index is 5.46. The summed E-state index contributed by atoms with van der Waals surface area (Å²) in [6.07, 6.45) is 5.63. The third-order valence-electron chi connectivity index (χ3n) is 4.42. The van der Waals surface area contributed by atoms with Crippen LogP contribution in [0.1, 0.15) is 39.5 Å². The van der Waals surface area contributed by atoms with E-state index in [4.69, 9.17) is 4.74 Å². The van der Waals surface area contributed by atoms with Gasteiger partial charge in [-0.2, -0.15) is 0 Å². The molecule has 3 unspecified atom stereocenters. The Morgan fingerprint density at radius 3 is 2.82 bits per heavy atom. The van der Waals surface area contributed by atoms with Gasteiger partial charge in [-0.25, -0.2) is 0 Å². The van der Waals surface area contributed by atoms with Crippen LogP contribution >= 0.6 is 0 Å². The molecule has 1 heterocycles. The molecule has 1 N–H and O–H groups in total. The normalized spacial score (nSPS) is 36.0. The van der Waals surface area contributed by atoms with Crippen LogP contribution in [-0.4, -0.2) is 49.8 Å². The third-order valence-corrected chi connectivity index (χ3v) is 4.42. The Hall–Kier alpha value is -0.120. The van der Waals surface area contributed by atoms with Gasteiger partial charge < -0.3 is 10.1 Å². The largest absolute Gasteiger partial charge is 0.379 e. The minimum absolute atomic E-state index is 0.592. The molecule has 0 bridgehead atoms. The summed E-state index contributed by atoms with van der Waals surface area (Å²) in [6.45, 7) is 9.89. The third kappa shape index (κ3) is 3.94. The van der Waals surface area contributed by atoms with E-state index in [1.54, 1.807) is 0 Å². The van der Waals surface area contributed by atoms with E-state index < -0.39 is 0 Å². The molecule has 0 aromatic heterocycles. The topological polar surface area (TPSA) is 24.5 Å². The molecule has 0 aromatic rings. The van der Waals surface area contributed by atoms with Gasteiger partial charge in [-0.1, -0.05) is 19.8 Å². The number of nitrogens with zero attached hydrogens (tertiary/aromatic N) is 1. The maximum absolute atomic E-state index is 5.46. The Labute approximate surface area is 106 Å². The first-order valence-corrected chi connectivity index (χ1v) is 7.32. The summed E-state index contributed by atoms with van der Waals surface area (Å²) in [5.74, 6) is 0.867. The Morgan fingerprint density at radius 1 is 1.24 bits per heavy atom. The summed E-state index contributed by atoms with van der Waals surface area (Å²) >= 11 is 0. The number of hydrogen-bond acceptors (Lipinski definition) is 3. The van der Waals surface area contributed by atoms with Crippen LogP contribution in [0.5, 0.6) is 0 Å².